The maximum atomic E-state index is 11.8. The molecule has 0 aromatic carbocycles. The minimum absolute atomic E-state index is 0.247. The maximum Gasteiger partial charge on any atom is 0.360 e. The molecule has 0 amide bonds. The van der Waals surface area contributed by atoms with E-state index in [0.717, 1.165) is 50.8 Å². The Bertz CT molecular complexity index is 404. The first-order valence-electron chi connectivity index (χ1n) is 7.44. The number of rotatable bonds is 10. The largest absolute Gasteiger partial charge is 0.461 e. The van der Waals surface area contributed by atoms with Gasteiger partial charge in [-0.3, -0.25) is 0 Å². The van der Waals surface area contributed by atoms with Gasteiger partial charge in [0.15, 0.2) is 5.69 Å². The summed E-state index contributed by atoms with van der Waals surface area (Å²) in [7, 11) is 0. The molecule has 0 aliphatic heterocycles. The Morgan fingerprint density at radius 1 is 1.25 bits per heavy atom. The van der Waals surface area contributed by atoms with Crippen molar-refractivity contribution in [2.45, 2.75) is 58.9 Å². The second-order valence-corrected chi connectivity index (χ2v) is 4.72. The Balaban J connectivity index is 2.63. The van der Waals surface area contributed by atoms with E-state index in [4.69, 9.17) is 9.84 Å². The molecule has 114 valence electrons. The first-order valence-corrected chi connectivity index (χ1v) is 7.44. The summed E-state index contributed by atoms with van der Waals surface area (Å²) in [6.07, 6.45) is 5.58. The van der Waals surface area contributed by atoms with Gasteiger partial charge in [0.25, 0.3) is 0 Å². The molecule has 0 radical (unpaired) electrons. The molecular formula is C14H25N3O3. The zero-order chi connectivity index (χ0) is 14.8. The SMILES string of the molecule is CCCc1c(C(=O)OCC)nnn1CCCCCCO. The first-order chi connectivity index (χ1) is 9.74. The Kier molecular flexibility index (Phi) is 7.87. The summed E-state index contributed by atoms with van der Waals surface area (Å²) < 4.78 is 6.82. The normalized spacial score (nSPS) is 10.8. The minimum Gasteiger partial charge on any atom is -0.461 e. The van der Waals surface area contributed by atoms with Crippen LogP contribution in [0.5, 0.6) is 0 Å². The molecule has 6 heteroatoms. The smallest absolute Gasteiger partial charge is 0.360 e. The number of aliphatic hydroxyl groups is 1. The summed E-state index contributed by atoms with van der Waals surface area (Å²) in [5.41, 5.74) is 1.22. The van der Waals surface area contributed by atoms with Crippen LogP contribution in [-0.4, -0.2) is 39.3 Å². The van der Waals surface area contributed by atoms with Crippen molar-refractivity contribution in [3.05, 3.63) is 11.4 Å². The van der Waals surface area contributed by atoms with Gasteiger partial charge in [0.1, 0.15) is 0 Å². The van der Waals surface area contributed by atoms with Gasteiger partial charge >= 0.3 is 5.97 Å². The van der Waals surface area contributed by atoms with Crippen molar-refractivity contribution in [1.82, 2.24) is 15.0 Å². The number of aliphatic hydroxyl groups excluding tert-OH is 1. The van der Waals surface area contributed by atoms with Crippen molar-refractivity contribution < 1.29 is 14.6 Å². The predicted octanol–water partition coefficient (Wildman–Crippen LogP) is 1.96. The van der Waals surface area contributed by atoms with Crippen LogP contribution in [0, 0.1) is 0 Å². The molecule has 0 aliphatic carbocycles. The van der Waals surface area contributed by atoms with E-state index in [2.05, 4.69) is 17.2 Å². The van der Waals surface area contributed by atoms with E-state index in [1.54, 1.807) is 6.92 Å². The number of esters is 1. The van der Waals surface area contributed by atoms with Crippen molar-refractivity contribution >= 4 is 5.97 Å². The highest BCUT2D eigenvalue weighted by Crippen LogP contribution is 2.12. The second kappa shape index (κ2) is 9.47. The lowest BCUT2D eigenvalue weighted by Crippen LogP contribution is -2.11. The third kappa shape index (κ3) is 4.92. The zero-order valence-electron chi connectivity index (χ0n) is 12.5. The lowest BCUT2D eigenvalue weighted by molar-refractivity contribution is 0.0518. The topological polar surface area (TPSA) is 77.2 Å². The van der Waals surface area contributed by atoms with E-state index in [-0.39, 0.29) is 12.6 Å². The molecule has 0 unspecified atom stereocenters. The molecule has 1 aromatic rings. The number of carbonyl (C=O) groups is 1. The summed E-state index contributed by atoms with van der Waals surface area (Å²) in [5, 5.41) is 16.8. The molecule has 1 N–H and O–H groups in total. The monoisotopic (exact) mass is 283 g/mol. The van der Waals surface area contributed by atoms with Crippen LogP contribution < -0.4 is 0 Å². The molecule has 1 heterocycles. The average molecular weight is 283 g/mol. The number of ether oxygens (including phenoxy) is 1. The Morgan fingerprint density at radius 2 is 2.00 bits per heavy atom. The fraction of sp³-hybridized carbons (Fsp3) is 0.786. The van der Waals surface area contributed by atoms with E-state index in [9.17, 15) is 4.79 Å². The maximum absolute atomic E-state index is 11.8. The highest BCUT2D eigenvalue weighted by Gasteiger charge is 2.19. The summed E-state index contributed by atoms with van der Waals surface area (Å²) in [4.78, 5) is 11.8. The van der Waals surface area contributed by atoms with Crippen LogP contribution in [0.4, 0.5) is 0 Å². The number of carbonyl (C=O) groups excluding carboxylic acids is 1. The van der Waals surface area contributed by atoms with Crippen molar-refractivity contribution in [3.8, 4) is 0 Å². The van der Waals surface area contributed by atoms with Gasteiger partial charge < -0.3 is 9.84 Å². The highest BCUT2D eigenvalue weighted by atomic mass is 16.5. The van der Waals surface area contributed by atoms with Gasteiger partial charge in [0, 0.05) is 13.2 Å². The van der Waals surface area contributed by atoms with Gasteiger partial charge in [-0.2, -0.15) is 0 Å². The fourth-order valence-electron chi connectivity index (χ4n) is 2.08. The number of hydrogen-bond donors (Lipinski definition) is 1. The summed E-state index contributed by atoms with van der Waals surface area (Å²) in [6, 6.07) is 0. The summed E-state index contributed by atoms with van der Waals surface area (Å²) >= 11 is 0. The molecule has 0 saturated carbocycles. The van der Waals surface area contributed by atoms with Crippen molar-refractivity contribution in [2.75, 3.05) is 13.2 Å². The van der Waals surface area contributed by atoms with Crippen LogP contribution in [0.2, 0.25) is 0 Å². The lowest BCUT2D eigenvalue weighted by atomic mass is 10.2. The second-order valence-electron chi connectivity index (χ2n) is 4.72. The third-order valence-corrected chi connectivity index (χ3v) is 3.07. The van der Waals surface area contributed by atoms with E-state index in [1.807, 2.05) is 4.68 Å². The van der Waals surface area contributed by atoms with Crippen molar-refractivity contribution in [3.63, 3.8) is 0 Å². The Hall–Kier alpha value is -1.43. The van der Waals surface area contributed by atoms with E-state index >= 15 is 0 Å². The molecule has 0 aliphatic rings. The lowest BCUT2D eigenvalue weighted by Gasteiger charge is -2.07. The minimum atomic E-state index is -0.387. The molecule has 1 rings (SSSR count). The molecule has 6 nitrogen and oxygen atoms in total. The number of aromatic nitrogens is 3. The first kappa shape index (κ1) is 16.6. The van der Waals surface area contributed by atoms with E-state index in [1.165, 1.54) is 0 Å². The van der Waals surface area contributed by atoms with Crippen molar-refractivity contribution in [1.29, 1.82) is 0 Å². The van der Waals surface area contributed by atoms with Crippen molar-refractivity contribution in [2.24, 2.45) is 0 Å². The van der Waals surface area contributed by atoms with Gasteiger partial charge in [-0.1, -0.05) is 31.4 Å². The summed E-state index contributed by atoms with van der Waals surface area (Å²) in [5.74, 6) is -0.387. The highest BCUT2D eigenvalue weighted by molar-refractivity contribution is 5.88. The summed E-state index contributed by atoms with van der Waals surface area (Å²) in [6.45, 7) is 5.19. The van der Waals surface area contributed by atoms with E-state index in [0.29, 0.717) is 12.3 Å². The van der Waals surface area contributed by atoms with Crippen LogP contribution in [-0.2, 0) is 17.7 Å². The number of aryl methyl sites for hydroxylation is 1. The van der Waals surface area contributed by atoms with Gasteiger partial charge in [-0.25, -0.2) is 9.48 Å². The van der Waals surface area contributed by atoms with Crippen LogP contribution in [0.25, 0.3) is 0 Å². The van der Waals surface area contributed by atoms with Crippen LogP contribution in [0.15, 0.2) is 0 Å². The van der Waals surface area contributed by atoms with Crippen LogP contribution in [0.1, 0.15) is 62.1 Å². The molecule has 1 aromatic heterocycles. The molecule has 0 spiro atoms. The molecule has 0 saturated heterocycles. The molecule has 0 bridgehead atoms. The zero-order valence-corrected chi connectivity index (χ0v) is 12.5. The Morgan fingerprint density at radius 3 is 2.65 bits per heavy atom. The molecule has 0 atom stereocenters. The number of nitrogens with zero attached hydrogens (tertiary/aromatic N) is 3. The fourth-order valence-corrected chi connectivity index (χ4v) is 2.08. The Labute approximate surface area is 120 Å². The number of hydrogen-bond acceptors (Lipinski definition) is 5. The quantitative estimate of drug-likeness (QED) is 0.524. The van der Waals surface area contributed by atoms with Gasteiger partial charge in [0.05, 0.1) is 12.3 Å². The van der Waals surface area contributed by atoms with Crippen LogP contribution >= 0.6 is 0 Å². The molecular weight excluding hydrogens is 258 g/mol. The van der Waals surface area contributed by atoms with E-state index < -0.39 is 0 Å². The van der Waals surface area contributed by atoms with Gasteiger partial charge in [-0.15, -0.1) is 5.10 Å². The predicted molar refractivity (Wildman–Crippen MR) is 75.5 cm³/mol. The molecule has 0 fully saturated rings. The van der Waals surface area contributed by atoms with Gasteiger partial charge in [0.2, 0.25) is 0 Å². The third-order valence-electron chi connectivity index (χ3n) is 3.07. The number of unbranched alkanes of at least 4 members (excludes halogenated alkanes) is 3. The molecule has 20 heavy (non-hydrogen) atoms. The van der Waals surface area contributed by atoms with Gasteiger partial charge in [-0.05, 0) is 26.2 Å². The van der Waals surface area contributed by atoms with Crippen LogP contribution in [0.3, 0.4) is 0 Å². The average Bonchev–Trinajstić information content (AvgIpc) is 2.83. The standard InChI is InChI=1S/C14H25N3O3/c1-3-9-12-13(14(19)20-4-2)15-16-17(12)10-7-5-6-8-11-18/h18H,3-11H2,1-2H3.